The molecule has 0 aliphatic rings. The van der Waals surface area contributed by atoms with Crippen molar-refractivity contribution in [3.8, 4) is 0 Å². The highest BCUT2D eigenvalue weighted by molar-refractivity contribution is 5.90. The predicted molar refractivity (Wildman–Crippen MR) is 59.4 cm³/mol. The molecule has 2 aromatic rings. The summed E-state index contributed by atoms with van der Waals surface area (Å²) in [6.45, 7) is -0.166. The normalized spacial score (nSPS) is 10.3. The molecule has 0 aliphatic carbocycles. The first-order valence-electron chi connectivity index (χ1n) is 4.94. The molecule has 0 bridgehead atoms. The fraction of sp³-hybridized carbons (Fsp3) is 0.100. The van der Waals surface area contributed by atoms with Crippen LogP contribution in [0.25, 0.3) is 0 Å². The number of carbonyl (C=O) groups is 1. The van der Waals surface area contributed by atoms with E-state index in [1.54, 1.807) is 0 Å². The van der Waals surface area contributed by atoms with Gasteiger partial charge in [-0.15, -0.1) is 5.10 Å². The van der Waals surface area contributed by atoms with Crippen molar-refractivity contribution in [1.29, 1.82) is 0 Å². The first-order valence-corrected chi connectivity index (χ1v) is 4.94. The summed E-state index contributed by atoms with van der Waals surface area (Å²) in [5, 5.41) is 5.98. The molecule has 3 N–H and O–H groups in total. The molecule has 0 spiro atoms. The number of carbonyl (C=O) groups excluding carboxylic acids is 1. The number of anilines is 2. The number of nitrogens with one attached hydrogen (secondary N) is 1. The maximum Gasteiger partial charge on any atom is 0.246 e. The van der Waals surface area contributed by atoms with E-state index in [0.717, 1.165) is 12.1 Å². The number of rotatable bonds is 3. The molecule has 1 aromatic heterocycles. The number of benzene rings is 1. The van der Waals surface area contributed by atoms with Crippen LogP contribution in [0.4, 0.5) is 20.4 Å². The molecular weight excluding hydrogens is 244 g/mol. The summed E-state index contributed by atoms with van der Waals surface area (Å²) in [6, 6.07) is 2.87. The van der Waals surface area contributed by atoms with Crippen molar-refractivity contribution in [1.82, 2.24) is 14.8 Å². The van der Waals surface area contributed by atoms with Crippen LogP contribution < -0.4 is 11.1 Å². The minimum absolute atomic E-state index is 0.0377. The van der Waals surface area contributed by atoms with Crippen molar-refractivity contribution in [2.75, 3.05) is 11.1 Å². The Balaban J connectivity index is 2.03. The van der Waals surface area contributed by atoms with Crippen LogP contribution in [0.1, 0.15) is 0 Å². The van der Waals surface area contributed by atoms with Gasteiger partial charge in [-0.25, -0.2) is 18.4 Å². The van der Waals surface area contributed by atoms with E-state index in [1.807, 2.05) is 0 Å². The van der Waals surface area contributed by atoms with Crippen LogP contribution in [0.5, 0.6) is 0 Å². The zero-order valence-corrected chi connectivity index (χ0v) is 9.10. The summed E-state index contributed by atoms with van der Waals surface area (Å²) in [5.41, 5.74) is 5.17. The van der Waals surface area contributed by atoms with Gasteiger partial charge in [0.1, 0.15) is 24.5 Å². The van der Waals surface area contributed by atoms with Crippen LogP contribution >= 0.6 is 0 Å². The third-order valence-electron chi connectivity index (χ3n) is 2.07. The second-order valence-electron chi connectivity index (χ2n) is 3.47. The van der Waals surface area contributed by atoms with E-state index in [4.69, 9.17) is 5.73 Å². The molecule has 18 heavy (non-hydrogen) atoms. The third-order valence-corrected chi connectivity index (χ3v) is 2.07. The van der Waals surface area contributed by atoms with Crippen LogP contribution in [0, 0.1) is 11.6 Å². The number of halogens is 2. The van der Waals surface area contributed by atoms with Crippen molar-refractivity contribution < 1.29 is 13.6 Å². The Labute approximate surface area is 100 Å². The highest BCUT2D eigenvalue weighted by atomic mass is 19.1. The maximum absolute atomic E-state index is 13.2. The predicted octanol–water partition coefficient (Wildman–Crippen LogP) is 0.777. The van der Waals surface area contributed by atoms with E-state index in [1.165, 1.54) is 11.0 Å². The number of hydrogen-bond donors (Lipinski definition) is 2. The van der Waals surface area contributed by atoms with E-state index in [-0.39, 0.29) is 18.2 Å². The Kier molecular flexibility index (Phi) is 3.18. The van der Waals surface area contributed by atoms with Crippen molar-refractivity contribution in [3.63, 3.8) is 0 Å². The zero-order chi connectivity index (χ0) is 13.1. The fourth-order valence-corrected chi connectivity index (χ4v) is 1.31. The Hall–Kier alpha value is -2.51. The molecule has 6 nitrogen and oxygen atoms in total. The summed E-state index contributed by atoms with van der Waals surface area (Å²) in [7, 11) is 0. The molecular formula is C10H9F2N5O. The summed E-state index contributed by atoms with van der Waals surface area (Å²) in [6.07, 6.45) is 1.27. The van der Waals surface area contributed by atoms with Gasteiger partial charge in [-0.05, 0) is 12.1 Å². The van der Waals surface area contributed by atoms with Gasteiger partial charge in [0, 0.05) is 6.07 Å². The molecule has 0 fully saturated rings. The molecule has 1 heterocycles. The zero-order valence-electron chi connectivity index (χ0n) is 9.10. The molecule has 2 rings (SSSR count). The van der Waals surface area contributed by atoms with E-state index in [9.17, 15) is 13.6 Å². The molecule has 8 heteroatoms. The average molecular weight is 253 g/mol. The molecule has 0 saturated heterocycles. The van der Waals surface area contributed by atoms with Gasteiger partial charge in [-0.2, -0.15) is 0 Å². The molecule has 1 amide bonds. The topological polar surface area (TPSA) is 85.8 Å². The number of nitrogen functional groups attached to an aromatic ring is 1. The second-order valence-corrected chi connectivity index (χ2v) is 3.47. The van der Waals surface area contributed by atoms with Gasteiger partial charge in [0.25, 0.3) is 0 Å². The summed E-state index contributed by atoms with van der Waals surface area (Å²) in [5.74, 6) is -2.04. The number of nitrogens with two attached hydrogens (primary N) is 1. The molecule has 1 aromatic carbocycles. The molecule has 0 aliphatic heterocycles. The van der Waals surface area contributed by atoms with Gasteiger partial charge in [0.2, 0.25) is 11.9 Å². The van der Waals surface area contributed by atoms with Crippen molar-refractivity contribution in [2.45, 2.75) is 6.54 Å². The smallest absolute Gasteiger partial charge is 0.246 e. The SMILES string of the molecule is Nc1ncn(CC(=O)Nc2ccc(F)cc2F)n1. The Bertz CT molecular complexity index is 583. The largest absolute Gasteiger partial charge is 0.367 e. The first-order chi connectivity index (χ1) is 8.54. The number of aromatic nitrogens is 3. The van der Waals surface area contributed by atoms with E-state index < -0.39 is 17.5 Å². The monoisotopic (exact) mass is 253 g/mol. The highest BCUT2D eigenvalue weighted by Gasteiger charge is 2.09. The second kappa shape index (κ2) is 4.78. The van der Waals surface area contributed by atoms with Gasteiger partial charge in [-0.3, -0.25) is 4.79 Å². The minimum atomic E-state index is -0.846. The van der Waals surface area contributed by atoms with Crippen LogP contribution in [0.15, 0.2) is 24.5 Å². The van der Waals surface area contributed by atoms with Crippen LogP contribution in [0.3, 0.4) is 0 Å². The van der Waals surface area contributed by atoms with Crippen molar-refractivity contribution >= 4 is 17.5 Å². The van der Waals surface area contributed by atoms with Crippen molar-refractivity contribution in [3.05, 3.63) is 36.2 Å². The molecule has 0 saturated carbocycles. The van der Waals surface area contributed by atoms with Gasteiger partial charge in [-0.1, -0.05) is 0 Å². The quantitative estimate of drug-likeness (QED) is 0.846. The average Bonchev–Trinajstić information content (AvgIpc) is 2.68. The van der Waals surface area contributed by atoms with E-state index in [0.29, 0.717) is 6.07 Å². The van der Waals surface area contributed by atoms with Gasteiger partial charge in [0.05, 0.1) is 5.69 Å². The number of nitrogens with zero attached hydrogens (tertiary/aromatic N) is 3. The van der Waals surface area contributed by atoms with Crippen LogP contribution in [-0.2, 0) is 11.3 Å². The molecule has 0 atom stereocenters. The lowest BCUT2D eigenvalue weighted by Gasteiger charge is -2.06. The van der Waals surface area contributed by atoms with E-state index in [2.05, 4.69) is 15.4 Å². The summed E-state index contributed by atoms with van der Waals surface area (Å²) >= 11 is 0. The van der Waals surface area contributed by atoms with E-state index >= 15 is 0 Å². The lowest BCUT2D eigenvalue weighted by Crippen LogP contribution is -2.19. The molecule has 94 valence electrons. The summed E-state index contributed by atoms with van der Waals surface area (Å²) in [4.78, 5) is 15.2. The Morgan fingerprint density at radius 1 is 1.44 bits per heavy atom. The van der Waals surface area contributed by atoms with Gasteiger partial charge in [0.15, 0.2) is 0 Å². The lowest BCUT2D eigenvalue weighted by atomic mass is 10.3. The first kappa shape index (κ1) is 12.0. The van der Waals surface area contributed by atoms with Crippen LogP contribution in [-0.4, -0.2) is 20.7 Å². The number of hydrogen-bond acceptors (Lipinski definition) is 4. The highest BCUT2D eigenvalue weighted by Crippen LogP contribution is 2.14. The molecule has 0 radical (unpaired) electrons. The lowest BCUT2D eigenvalue weighted by molar-refractivity contribution is -0.116. The minimum Gasteiger partial charge on any atom is -0.367 e. The molecule has 0 unspecified atom stereocenters. The Morgan fingerprint density at radius 3 is 2.83 bits per heavy atom. The number of amides is 1. The Morgan fingerprint density at radius 2 is 2.22 bits per heavy atom. The summed E-state index contributed by atoms with van der Waals surface area (Å²) < 4.78 is 27.1. The van der Waals surface area contributed by atoms with Gasteiger partial charge >= 0.3 is 0 Å². The van der Waals surface area contributed by atoms with Crippen LogP contribution in [0.2, 0.25) is 0 Å². The third kappa shape index (κ3) is 2.78. The van der Waals surface area contributed by atoms with Gasteiger partial charge < -0.3 is 11.1 Å². The van der Waals surface area contributed by atoms with Crippen molar-refractivity contribution in [2.24, 2.45) is 0 Å². The maximum atomic E-state index is 13.2. The fourth-order valence-electron chi connectivity index (χ4n) is 1.31. The standard InChI is InChI=1S/C10H9F2N5O/c11-6-1-2-8(7(12)3-6)15-9(18)4-17-5-14-10(13)16-17/h1-3,5H,4H2,(H2,13,16)(H,15,18).